The van der Waals surface area contributed by atoms with Crippen molar-refractivity contribution in [3.8, 4) is 0 Å². The zero-order valence-electron chi connectivity index (χ0n) is 30.2. The summed E-state index contributed by atoms with van der Waals surface area (Å²) >= 11 is 0. The molecule has 47 heavy (non-hydrogen) atoms. The minimum atomic E-state index is -0.0760. The minimum absolute atomic E-state index is 0.0242. The molecule has 2 amide bonds. The number of ether oxygens (including phenoxy) is 1. The Morgan fingerprint density at radius 2 is 1.60 bits per heavy atom. The summed E-state index contributed by atoms with van der Waals surface area (Å²) < 4.78 is 7.11. The molecule has 7 nitrogen and oxygen atoms in total. The lowest BCUT2D eigenvalue weighted by Gasteiger charge is -2.61. The maximum Gasteiger partial charge on any atom is 0.232 e. The lowest BCUT2D eigenvalue weighted by molar-refractivity contribution is -0.139. The fourth-order valence-electron chi connectivity index (χ4n) is 13.9. The van der Waals surface area contributed by atoms with Gasteiger partial charge >= 0.3 is 0 Å². The van der Waals surface area contributed by atoms with Crippen LogP contribution in [0.2, 0.25) is 0 Å². The van der Waals surface area contributed by atoms with Crippen LogP contribution in [-0.2, 0) is 14.3 Å². The average Bonchev–Trinajstić information content (AvgIpc) is 3.52. The molecular formula is C40H66N4O3. The Bertz CT molecular complexity index is 1170. The van der Waals surface area contributed by atoms with E-state index in [1.165, 1.54) is 83.7 Å². The molecule has 0 aromatic heterocycles. The average molecular weight is 651 g/mol. The summed E-state index contributed by atoms with van der Waals surface area (Å²) in [6.45, 7) is 15.3. The summed E-state index contributed by atoms with van der Waals surface area (Å²) in [4.78, 5) is 30.9. The Kier molecular flexibility index (Phi) is 8.81. The summed E-state index contributed by atoms with van der Waals surface area (Å²) in [6.07, 6.45) is 19.1. The van der Waals surface area contributed by atoms with E-state index >= 15 is 0 Å². The summed E-state index contributed by atoms with van der Waals surface area (Å²) in [6, 6.07) is 0.850. The van der Waals surface area contributed by atoms with Crippen LogP contribution < -0.4 is 10.6 Å². The third-order valence-electron chi connectivity index (χ3n) is 16.5. The third-order valence-corrected chi connectivity index (χ3v) is 16.5. The molecule has 0 unspecified atom stereocenters. The molecule has 0 aromatic rings. The molecule has 4 heterocycles. The van der Waals surface area contributed by atoms with Gasteiger partial charge < -0.3 is 19.9 Å². The predicted octanol–water partition coefficient (Wildman–Crippen LogP) is 6.36. The second-order valence-corrected chi connectivity index (χ2v) is 18.7. The van der Waals surface area contributed by atoms with Crippen molar-refractivity contribution in [3.63, 3.8) is 0 Å². The Balaban J connectivity index is 0.841. The van der Waals surface area contributed by atoms with E-state index in [-0.39, 0.29) is 30.0 Å². The van der Waals surface area contributed by atoms with Crippen molar-refractivity contribution in [2.24, 2.45) is 52.3 Å². The molecule has 0 radical (unpaired) electrons. The molecule has 8 rings (SSSR count). The fraction of sp³-hybridized carbons (Fsp3) is 0.950. The van der Waals surface area contributed by atoms with Crippen molar-refractivity contribution in [2.75, 3.05) is 32.7 Å². The normalized spacial score (nSPS) is 48.8. The lowest BCUT2D eigenvalue weighted by Crippen LogP contribution is -2.58. The molecule has 0 aromatic carbocycles. The molecule has 8 fully saturated rings. The molecule has 2 N–H and O–H groups in total. The van der Waals surface area contributed by atoms with Gasteiger partial charge in [0.2, 0.25) is 11.8 Å². The second-order valence-electron chi connectivity index (χ2n) is 18.7. The van der Waals surface area contributed by atoms with Crippen molar-refractivity contribution in [1.82, 2.24) is 20.4 Å². The van der Waals surface area contributed by atoms with Crippen molar-refractivity contribution in [1.29, 1.82) is 0 Å². The van der Waals surface area contributed by atoms with Crippen LogP contribution in [0.1, 0.15) is 130 Å². The first-order valence-electron chi connectivity index (χ1n) is 20.3. The lowest BCUT2D eigenvalue weighted by atomic mass is 9.44. The first-order valence-corrected chi connectivity index (χ1v) is 20.3. The number of likely N-dealkylation sites (tertiary alicyclic amines) is 2. The second kappa shape index (κ2) is 12.5. The number of carbonyl (C=O) groups excluding carboxylic acids is 2. The Morgan fingerprint density at radius 3 is 2.34 bits per heavy atom. The predicted molar refractivity (Wildman–Crippen MR) is 185 cm³/mol. The highest BCUT2D eigenvalue weighted by Gasteiger charge is 2.68. The van der Waals surface area contributed by atoms with Gasteiger partial charge in [-0.1, -0.05) is 34.1 Å². The van der Waals surface area contributed by atoms with E-state index in [9.17, 15) is 9.59 Å². The van der Waals surface area contributed by atoms with E-state index in [4.69, 9.17) is 4.74 Å². The molecule has 4 saturated carbocycles. The maximum absolute atomic E-state index is 13.2. The number of amides is 2. The zero-order valence-corrected chi connectivity index (χ0v) is 30.2. The van der Waals surface area contributed by atoms with E-state index in [1.807, 2.05) is 4.90 Å². The van der Waals surface area contributed by atoms with Gasteiger partial charge in [-0.3, -0.25) is 14.9 Å². The van der Waals surface area contributed by atoms with Crippen LogP contribution in [0.5, 0.6) is 0 Å². The van der Waals surface area contributed by atoms with Crippen LogP contribution in [0.4, 0.5) is 0 Å². The molecule has 4 aliphatic heterocycles. The van der Waals surface area contributed by atoms with Gasteiger partial charge in [-0.05, 0) is 149 Å². The molecule has 1 spiro atoms. The van der Waals surface area contributed by atoms with Crippen LogP contribution in [0.15, 0.2) is 0 Å². The maximum atomic E-state index is 13.2. The highest BCUT2D eigenvalue weighted by molar-refractivity contribution is 5.97. The number of carbonyl (C=O) groups is 2. The standard InChI is InChI=1S/C40H66N4O3/c1-26-10-17-40(41-25-26)27(2)37-34(47-40)23-33-31-9-8-28-22-29(11-15-38(28,3)32(31)12-16-39(33,37)4)42-35(45)24-36(46)44-20-13-30(14-21-44)43-18-6-5-7-19-43/h26-34,37,41H,5-25H2,1-4H3,(H,42,45)/t26-,27+,28+,29+,31-,32+,33+,34+,37+,38+,39+,40-/m1/s1. The number of hydrogen-bond donors (Lipinski definition) is 2. The Labute approximate surface area is 285 Å². The van der Waals surface area contributed by atoms with Crippen molar-refractivity contribution >= 4 is 11.8 Å². The highest BCUT2D eigenvalue weighted by Crippen LogP contribution is 2.71. The van der Waals surface area contributed by atoms with Gasteiger partial charge in [0, 0.05) is 37.6 Å². The van der Waals surface area contributed by atoms with Crippen LogP contribution in [0.3, 0.4) is 0 Å². The monoisotopic (exact) mass is 651 g/mol. The number of fused-ring (bicyclic) bond motifs is 7. The number of nitrogens with zero attached hydrogens (tertiary/aromatic N) is 2. The molecule has 4 aliphatic carbocycles. The van der Waals surface area contributed by atoms with Gasteiger partial charge in [-0.15, -0.1) is 0 Å². The van der Waals surface area contributed by atoms with Crippen molar-refractivity contribution in [2.45, 2.75) is 154 Å². The van der Waals surface area contributed by atoms with E-state index < -0.39 is 0 Å². The third kappa shape index (κ3) is 5.63. The van der Waals surface area contributed by atoms with E-state index in [1.54, 1.807) is 0 Å². The molecular weight excluding hydrogens is 584 g/mol. The zero-order chi connectivity index (χ0) is 32.6. The minimum Gasteiger partial charge on any atom is -0.357 e. The van der Waals surface area contributed by atoms with Gasteiger partial charge in [0.15, 0.2) is 0 Å². The smallest absolute Gasteiger partial charge is 0.232 e. The topological polar surface area (TPSA) is 73.9 Å². The van der Waals surface area contributed by atoms with Gasteiger partial charge in [0.25, 0.3) is 0 Å². The van der Waals surface area contributed by atoms with Gasteiger partial charge in [0.05, 0.1) is 6.10 Å². The van der Waals surface area contributed by atoms with Crippen molar-refractivity contribution < 1.29 is 14.3 Å². The Hall–Kier alpha value is -1.18. The van der Waals surface area contributed by atoms with Crippen molar-refractivity contribution in [3.05, 3.63) is 0 Å². The Morgan fingerprint density at radius 1 is 0.830 bits per heavy atom. The van der Waals surface area contributed by atoms with Crippen LogP contribution in [0, 0.1) is 52.3 Å². The molecule has 12 atom stereocenters. The van der Waals surface area contributed by atoms with Crippen LogP contribution in [-0.4, -0.2) is 78.3 Å². The number of piperidine rings is 3. The number of nitrogens with one attached hydrogen (secondary N) is 2. The summed E-state index contributed by atoms with van der Waals surface area (Å²) in [5.74, 6) is 5.14. The number of rotatable bonds is 4. The largest absolute Gasteiger partial charge is 0.357 e. The molecule has 0 bridgehead atoms. The highest BCUT2D eigenvalue weighted by atomic mass is 16.5. The quantitative estimate of drug-likeness (QED) is 0.347. The van der Waals surface area contributed by atoms with Crippen LogP contribution in [0.25, 0.3) is 0 Å². The summed E-state index contributed by atoms with van der Waals surface area (Å²) in [7, 11) is 0. The first-order chi connectivity index (χ1) is 22.6. The molecule has 7 heteroatoms. The fourth-order valence-corrected chi connectivity index (χ4v) is 13.9. The van der Waals surface area contributed by atoms with E-state index in [2.05, 4.69) is 43.2 Å². The summed E-state index contributed by atoms with van der Waals surface area (Å²) in [5, 5.41) is 7.28. The number of hydrogen-bond acceptors (Lipinski definition) is 5. The SMILES string of the molecule is C[C@@H]1CC[C@@]2(NC1)O[C@H]1C[C@H]3[C@@H]4CC[C@H]5C[C@@H](NC(=O)CC(=O)N6CCC(N7CCCCC7)CC6)CC[C@]5(C)[C@H]4CC[C@]3(C)[C@H]1[C@@H]2C. The van der Waals surface area contributed by atoms with E-state index in [0.29, 0.717) is 40.7 Å². The van der Waals surface area contributed by atoms with Gasteiger partial charge in [0.1, 0.15) is 12.1 Å². The van der Waals surface area contributed by atoms with Crippen LogP contribution >= 0.6 is 0 Å². The van der Waals surface area contributed by atoms with Gasteiger partial charge in [-0.2, -0.15) is 0 Å². The molecule has 264 valence electrons. The van der Waals surface area contributed by atoms with Gasteiger partial charge in [-0.25, -0.2) is 0 Å². The first kappa shape index (κ1) is 33.0. The van der Waals surface area contributed by atoms with E-state index in [0.717, 1.165) is 69.0 Å². The molecule has 8 aliphatic rings. The summed E-state index contributed by atoms with van der Waals surface area (Å²) in [5.41, 5.74) is 0.711. The molecule has 4 saturated heterocycles.